The van der Waals surface area contributed by atoms with Crippen LogP contribution >= 0.6 is 23.1 Å². The second-order valence-corrected chi connectivity index (χ2v) is 8.17. The predicted molar refractivity (Wildman–Crippen MR) is 112 cm³/mol. The molecule has 4 aromatic rings. The van der Waals surface area contributed by atoms with Gasteiger partial charge in [0, 0.05) is 5.75 Å². The molecule has 0 unspecified atom stereocenters. The van der Waals surface area contributed by atoms with E-state index in [4.69, 9.17) is 9.15 Å². The molecular formula is C19H16N4O4S2. The summed E-state index contributed by atoms with van der Waals surface area (Å²) in [5.41, 5.74) is 1.01. The van der Waals surface area contributed by atoms with Gasteiger partial charge in [-0.05, 0) is 24.3 Å². The zero-order valence-corrected chi connectivity index (χ0v) is 16.7. The van der Waals surface area contributed by atoms with E-state index in [1.165, 1.54) is 27.7 Å². The number of benzene rings is 2. The van der Waals surface area contributed by atoms with Crippen LogP contribution in [-0.4, -0.2) is 33.0 Å². The van der Waals surface area contributed by atoms with Crippen LogP contribution in [0.3, 0.4) is 0 Å². The topological polar surface area (TPSA) is 99.2 Å². The zero-order chi connectivity index (χ0) is 20.1. The van der Waals surface area contributed by atoms with Crippen molar-refractivity contribution < 1.29 is 13.9 Å². The molecule has 1 amide bonds. The Morgan fingerprint density at radius 2 is 1.93 bits per heavy atom. The number of nitrogens with zero attached hydrogens (tertiary/aromatic N) is 3. The van der Waals surface area contributed by atoms with Gasteiger partial charge in [0.25, 0.3) is 0 Å². The molecule has 4 rings (SSSR count). The molecule has 0 atom stereocenters. The SMILES string of the molecule is O=C(Cn1c(=O)oc2ccccc21)Nc1nnc(SCCOc2ccccc2)s1. The summed E-state index contributed by atoms with van der Waals surface area (Å²) in [6.07, 6.45) is 0. The summed E-state index contributed by atoms with van der Waals surface area (Å²) in [6.45, 7) is 0.370. The number of hydrogen-bond donors (Lipinski definition) is 1. The molecule has 0 radical (unpaired) electrons. The number of fused-ring (bicyclic) bond motifs is 1. The normalized spacial score (nSPS) is 10.9. The van der Waals surface area contributed by atoms with Crippen LogP contribution in [0.25, 0.3) is 11.1 Å². The Morgan fingerprint density at radius 3 is 2.79 bits per heavy atom. The third kappa shape index (κ3) is 4.84. The van der Waals surface area contributed by atoms with E-state index in [2.05, 4.69) is 15.5 Å². The minimum Gasteiger partial charge on any atom is -0.493 e. The number of carbonyl (C=O) groups is 1. The van der Waals surface area contributed by atoms with Crippen LogP contribution < -0.4 is 15.8 Å². The van der Waals surface area contributed by atoms with Crippen LogP contribution in [-0.2, 0) is 11.3 Å². The molecule has 29 heavy (non-hydrogen) atoms. The predicted octanol–water partition coefficient (Wildman–Crippen LogP) is 3.26. The number of nitrogens with one attached hydrogen (secondary N) is 1. The molecule has 8 nitrogen and oxygen atoms in total. The van der Waals surface area contributed by atoms with Crippen LogP contribution in [0, 0.1) is 0 Å². The third-order valence-electron chi connectivity index (χ3n) is 3.85. The van der Waals surface area contributed by atoms with Gasteiger partial charge in [-0.1, -0.05) is 53.4 Å². The quantitative estimate of drug-likeness (QED) is 0.261. The zero-order valence-electron chi connectivity index (χ0n) is 15.1. The van der Waals surface area contributed by atoms with Crippen molar-refractivity contribution >= 4 is 45.2 Å². The molecule has 0 aliphatic rings. The number of hydrogen-bond acceptors (Lipinski definition) is 8. The number of anilines is 1. The van der Waals surface area contributed by atoms with Gasteiger partial charge in [-0.15, -0.1) is 10.2 Å². The van der Waals surface area contributed by atoms with Crippen molar-refractivity contribution in [2.75, 3.05) is 17.7 Å². The fourth-order valence-electron chi connectivity index (χ4n) is 2.59. The van der Waals surface area contributed by atoms with Crippen molar-refractivity contribution in [1.82, 2.24) is 14.8 Å². The Labute approximate surface area is 173 Å². The summed E-state index contributed by atoms with van der Waals surface area (Å²) in [5.74, 6) is 0.570. The molecule has 0 bridgehead atoms. The highest BCUT2D eigenvalue weighted by Gasteiger charge is 2.14. The summed E-state index contributed by atoms with van der Waals surface area (Å²) in [6, 6.07) is 16.5. The average Bonchev–Trinajstić information content (AvgIpc) is 3.30. The van der Waals surface area contributed by atoms with Gasteiger partial charge >= 0.3 is 5.76 Å². The van der Waals surface area contributed by atoms with Crippen molar-refractivity contribution in [3.8, 4) is 5.75 Å². The molecule has 0 aliphatic carbocycles. The van der Waals surface area contributed by atoms with E-state index in [0.717, 1.165) is 10.1 Å². The van der Waals surface area contributed by atoms with Crippen LogP contribution in [0.4, 0.5) is 5.13 Å². The minimum atomic E-state index is -0.576. The highest BCUT2D eigenvalue weighted by molar-refractivity contribution is 8.01. The summed E-state index contributed by atoms with van der Waals surface area (Å²) < 4.78 is 12.8. The Kier molecular flexibility index (Phi) is 5.92. The van der Waals surface area contributed by atoms with Gasteiger partial charge in [-0.25, -0.2) is 4.79 Å². The molecule has 0 aliphatic heterocycles. The lowest BCUT2D eigenvalue weighted by Gasteiger charge is -2.03. The summed E-state index contributed by atoms with van der Waals surface area (Å²) in [7, 11) is 0. The number of ether oxygens (including phenoxy) is 1. The maximum Gasteiger partial charge on any atom is 0.420 e. The monoisotopic (exact) mass is 428 g/mol. The number of rotatable bonds is 8. The lowest BCUT2D eigenvalue weighted by molar-refractivity contribution is -0.116. The lowest BCUT2D eigenvalue weighted by atomic mass is 10.3. The second kappa shape index (κ2) is 8.93. The first-order chi connectivity index (χ1) is 14.2. The van der Waals surface area contributed by atoms with Crippen LogP contribution in [0.2, 0.25) is 0 Å². The molecule has 1 N–H and O–H groups in total. The van der Waals surface area contributed by atoms with E-state index in [9.17, 15) is 9.59 Å². The van der Waals surface area contributed by atoms with Gasteiger partial charge in [0.2, 0.25) is 11.0 Å². The van der Waals surface area contributed by atoms with E-state index in [1.807, 2.05) is 30.3 Å². The molecule has 2 heterocycles. The van der Waals surface area contributed by atoms with Crippen LogP contribution in [0.15, 0.2) is 68.1 Å². The van der Waals surface area contributed by atoms with Crippen molar-refractivity contribution in [3.05, 3.63) is 65.1 Å². The van der Waals surface area contributed by atoms with Gasteiger partial charge in [0.1, 0.15) is 12.3 Å². The third-order valence-corrected chi connectivity index (χ3v) is 5.79. The molecule has 0 spiro atoms. The molecular weight excluding hydrogens is 412 g/mol. The number of aromatic nitrogens is 3. The fourth-order valence-corrected chi connectivity index (χ4v) is 4.25. The Balaban J connectivity index is 1.29. The summed E-state index contributed by atoms with van der Waals surface area (Å²) in [4.78, 5) is 24.3. The molecule has 0 saturated heterocycles. The Hall–Kier alpha value is -3.11. The van der Waals surface area contributed by atoms with Crippen molar-refractivity contribution in [3.63, 3.8) is 0 Å². The molecule has 2 aromatic carbocycles. The first-order valence-electron chi connectivity index (χ1n) is 8.71. The van der Waals surface area contributed by atoms with Gasteiger partial charge in [-0.3, -0.25) is 14.7 Å². The first kappa shape index (κ1) is 19.2. The molecule has 0 saturated carbocycles. The minimum absolute atomic E-state index is 0.164. The Morgan fingerprint density at radius 1 is 1.14 bits per heavy atom. The number of thioether (sulfide) groups is 1. The summed E-state index contributed by atoms with van der Waals surface area (Å²) in [5, 5.41) is 11.1. The second-order valence-electron chi connectivity index (χ2n) is 5.85. The smallest absolute Gasteiger partial charge is 0.420 e. The first-order valence-corrected chi connectivity index (χ1v) is 10.5. The van der Waals surface area contributed by atoms with Gasteiger partial charge in [0.15, 0.2) is 9.92 Å². The van der Waals surface area contributed by atoms with Crippen molar-refractivity contribution in [2.45, 2.75) is 10.9 Å². The fraction of sp³-hybridized carbons (Fsp3) is 0.158. The molecule has 0 fully saturated rings. The average molecular weight is 428 g/mol. The highest BCUT2D eigenvalue weighted by Crippen LogP contribution is 2.25. The maximum atomic E-state index is 12.3. The number of para-hydroxylation sites is 3. The van der Waals surface area contributed by atoms with Gasteiger partial charge in [0.05, 0.1) is 12.1 Å². The number of carbonyl (C=O) groups excluding carboxylic acids is 1. The standard InChI is InChI=1S/C19H16N4O4S2/c24-16(12-23-14-8-4-5-9-15(14)27-19(23)25)20-17-21-22-18(29-17)28-11-10-26-13-6-2-1-3-7-13/h1-9H,10-12H2,(H,20,21,24). The largest absolute Gasteiger partial charge is 0.493 e. The van der Waals surface area contributed by atoms with E-state index in [0.29, 0.717) is 28.6 Å². The van der Waals surface area contributed by atoms with Gasteiger partial charge < -0.3 is 9.15 Å². The molecule has 148 valence electrons. The van der Waals surface area contributed by atoms with E-state index < -0.39 is 5.76 Å². The van der Waals surface area contributed by atoms with E-state index in [1.54, 1.807) is 24.3 Å². The Bertz CT molecular complexity index is 1170. The van der Waals surface area contributed by atoms with Crippen molar-refractivity contribution in [2.24, 2.45) is 0 Å². The molecule has 2 aromatic heterocycles. The number of amides is 1. The molecule has 10 heteroatoms. The van der Waals surface area contributed by atoms with Crippen LogP contribution in [0.5, 0.6) is 5.75 Å². The summed E-state index contributed by atoms with van der Waals surface area (Å²) >= 11 is 2.77. The van der Waals surface area contributed by atoms with Crippen molar-refractivity contribution in [1.29, 1.82) is 0 Å². The van der Waals surface area contributed by atoms with Gasteiger partial charge in [-0.2, -0.15) is 0 Å². The lowest BCUT2D eigenvalue weighted by Crippen LogP contribution is -2.24. The van der Waals surface area contributed by atoms with Crippen LogP contribution in [0.1, 0.15) is 0 Å². The van der Waals surface area contributed by atoms with E-state index >= 15 is 0 Å². The highest BCUT2D eigenvalue weighted by atomic mass is 32.2. The van der Waals surface area contributed by atoms with E-state index in [-0.39, 0.29) is 12.5 Å². The maximum absolute atomic E-state index is 12.3. The number of oxazole rings is 1.